The highest BCUT2D eigenvalue weighted by Gasteiger charge is 2.14. The lowest BCUT2D eigenvalue weighted by Gasteiger charge is -2.22. The van der Waals surface area contributed by atoms with Gasteiger partial charge in [0.2, 0.25) is 5.91 Å². The minimum Gasteiger partial charge on any atom is -0.399 e. The van der Waals surface area contributed by atoms with Gasteiger partial charge in [0.05, 0.1) is 0 Å². The highest BCUT2D eigenvalue weighted by Crippen LogP contribution is 2.18. The van der Waals surface area contributed by atoms with Gasteiger partial charge in [-0.3, -0.25) is 4.79 Å². The van der Waals surface area contributed by atoms with Gasteiger partial charge in [-0.05, 0) is 42.7 Å². The van der Waals surface area contributed by atoms with Gasteiger partial charge >= 0.3 is 0 Å². The van der Waals surface area contributed by atoms with Crippen LogP contribution in [0.15, 0.2) is 54.6 Å². The number of nitrogen functional groups attached to an aromatic ring is 1. The molecule has 0 radical (unpaired) electrons. The summed E-state index contributed by atoms with van der Waals surface area (Å²) in [6, 6.07) is 17.6. The lowest BCUT2D eigenvalue weighted by molar-refractivity contribution is -0.118. The van der Waals surface area contributed by atoms with Crippen LogP contribution in [0, 0.1) is 0 Å². The lowest BCUT2D eigenvalue weighted by atomic mass is 10.1. The largest absolute Gasteiger partial charge is 0.399 e. The number of hydrogen-bond acceptors (Lipinski definition) is 2. The molecular formula is C18H22N2O. The van der Waals surface area contributed by atoms with Gasteiger partial charge in [0.1, 0.15) is 0 Å². The van der Waals surface area contributed by atoms with Gasteiger partial charge < -0.3 is 10.6 Å². The third kappa shape index (κ3) is 4.35. The first-order valence-corrected chi connectivity index (χ1v) is 7.40. The van der Waals surface area contributed by atoms with Crippen molar-refractivity contribution in [3.05, 3.63) is 60.2 Å². The maximum Gasteiger partial charge on any atom is 0.227 e. The highest BCUT2D eigenvalue weighted by atomic mass is 16.2. The van der Waals surface area contributed by atoms with E-state index in [4.69, 9.17) is 5.73 Å². The second kappa shape index (κ2) is 7.48. The Kier molecular flexibility index (Phi) is 5.38. The van der Waals surface area contributed by atoms with Gasteiger partial charge in [0.15, 0.2) is 0 Å². The van der Waals surface area contributed by atoms with E-state index in [0.717, 1.165) is 25.1 Å². The first-order valence-electron chi connectivity index (χ1n) is 7.40. The van der Waals surface area contributed by atoms with Crippen molar-refractivity contribution in [1.29, 1.82) is 0 Å². The van der Waals surface area contributed by atoms with Crippen LogP contribution in [0.3, 0.4) is 0 Å². The molecule has 3 nitrogen and oxygen atoms in total. The van der Waals surface area contributed by atoms with E-state index in [0.29, 0.717) is 12.1 Å². The van der Waals surface area contributed by atoms with Crippen molar-refractivity contribution in [2.45, 2.75) is 26.2 Å². The molecule has 2 aromatic rings. The molecule has 2 N–H and O–H groups in total. The van der Waals surface area contributed by atoms with Crippen molar-refractivity contribution < 1.29 is 4.79 Å². The summed E-state index contributed by atoms with van der Waals surface area (Å²) in [5.41, 5.74) is 8.54. The summed E-state index contributed by atoms with van der Waals surface area (Å²) in [6.45, 7) is 2.81. The number of amides is 1. The van der Waals surface area contributed by atoms with E-state index >= 15 is 0 Å². The van der Waals surface area contributed by atoms with E-state index in [1.165, 1.54) is 5.56 Å². The van der Waals surface area contributed by atoms with Crippen molar-refractivity contribution in [3.8, 4) is 0 Å². The number of benzene rings is 2. The summed E-state index contributed by atoms with van der Waals surface area (Å²) in [4.78, 5) is 14.3. The summed E-state index contributed by atoms with van der Waals surface area (Å²) >= 11 is 0. The molecule has 21 heavy (non-hydrogen) atoms. The lowest BCUT2D eigenvalue weighted by Crippen LogP contribution is -2.31. The summed E-state index contributed by atoms with van der Waals surface area (Å²) in [6.07, 6.45) is 2.23. The van der Waals surface area contributed by atoms with E-state index in [-0.39, 0.29) is 5.91 Å². The number of carbonyl (C=O) groups is 1. The summed E-state index contributed by atoms with van der Waals surface area (Å²) in [5, 5.41) is 0. The first kappa shape index (κ1) is 15.1. The van der Waals surface area contributed by atoms with Crippen molar-refractivity contribution >= 4 is 17.3 Å². The molecule has 110 valence electrons. The van der Waals surface area contributed by atoms with Crippen LogP contribution in [0.1, 0.15) is 25.3 Å². The van der Waals surface area contributed by atoms with Crippen LogP contribution >= 0.6 is 0 Å². The van der Waals surface area contributed by atoms with Gasteiger partial charge in [-0.2, -0.15) is 0 Å². The maximum atomic E-state index is 12.5. The van der Waals surface area contributed by atoms with Crippen LogP contribution in [-0.4, -0.2) is 12.5 Å². The molecule has 3 heteroatoms. The number of rotatable bonds is 6. The van der Waals surface area contributed by atoms with Crippen LogP contribution in [-0.2, 0) is 11.2 Å². The molecule has 2 rings (SSSR count). The summed E-state index contributed by atoms with van der Waals surface area (Å²) < 4.78 is 0. The molecule has 1 amide bonds. The third-order valence-corrected chi connectivity index (χ3v) is 3.42. The Morgan fingerprint density at radius 1 is 1.05 bits per heavy atom. The van der Waals surface area contributed by atoms with Crippen LogP contribution in [0.2, 0.25) is 0 Å². The fourth-order valence-corrected chi connectivity index (χ4v) is 2.31. The molecule has 0 bridgehead atoms. The Hall–Kier alpha value is -2.29. The third-order valence-electron chi connectivity index (χ3n) is 3.42. The van der Waals surface area contributed by atoms with Gasteiger partial charge in [-0.25, -0.2) is 0 Å². The zero-order valence-corrected chi connectivity index (χ0v) is 12.5. The van der Waals surface area contributed by atoms with Gasteiger partial charge in [0.25, 0.3) is 0 Å². The summed E-state index contributed by atoms with van der Waals surface area (Å²) in [7, 11) is 0. The van der Waals surface area contributed by atoms with E-state index in [1.54, 1.807) is 0 Å². The Morgan fingerprint density at radius 2 is 1.71 bits per heavy atom. The molecule has 0 aromatic heterocycles. The smallest absolute Gasteiger partial charge is 0.227 e. The number of carbonyl (C=O) groups excluding carboxylic acids is 1. The van der Waals surface area contributed by atoms with Crippen LogP contribution < -0.4 is 10.6 Å². The number of nitrogens with two attached hydrogens (primary N) is 1. The predicted molar refractivity (Wildman–Crippen MR) is 88.3 cm³/mol. The van der Waals surface area contributed by atoms with Crippen molar-refractivity contribution in [1.82, 2.24) is 0 Å². The maximum absolute atomic E-state index is 12.5. The molecule has 0 aliphatic rings. The monoisotopic (exact) mass is 282 g/mol. The number of anilines is 2. The second-order valence-corrected chi connectivity index (χ2v) is 5.12. The average molecular weight is 282 g/mol. The molecule has 0 spiro atoms. The van der Waals surface area contributed by atoms with Crippen LogP contribution in [0.5, 0.6) is 0 Å². The number of nitrogens with zero attached hydrogens (tertiary/aromatic N) is 1. The van der Waals surface area contributed by atoms with Crippen molar-refractivity contribution in [3.63, 3.8) is 0 Å². The topological polar surface area (TPSA) is 46.3 Å². The fourth-order valence-electron chi connectivity index (χ4n) is 2.31. The van der Waals surface area contributed by atoms with Gasteiger partial charge in [-0.15, -0.1) is 0 Å². The zero-order chi connectivity index (χ0) is 15.1. The minimum absolute atomic E-state index is 0.158. The van der Waals surface area contributed by atoms with E-state index < -0.39 is 0 Å². The number of hydrogen-bond donors (Lipinski definition) is 1. The molecule has 0 atom stereocenters. The van der Waals surface area contributed by atoms with Crippen LogP contribution in [0.4, 0.5) is 11.4 Å². The minimum atomic E-state index is 0.158. The van der Waals surface area contributed by atoms with Crippen LogP contribution in [0.25, 0.3) is 0 Å². The fraction of sp³-hybridized carbons (Fsp3) is 0.278. The first-order chi connectivity index (χ1) is 10.2. The predicted octanol–water partition coefficient (Wildman–Crippen LogP) is 3.64. The normalized spacial score (nSPS) is 10.3. The molecule has 0 aliphatic carbocycles. The molecule has 0 fully saturated rings. The molecule has 0 saturated heterocycles. The SMILES string of the molecule is CCCN(C(=O)CCc1ccccc1)c1ccc(N)cc1. The Bertz CT molecular complexity index is 564. The molecule has 0 aliphatic heterocycles. The Balaban J connectivity index is 2.03. The standard InChI is InChI=1S/C18H22N2O/c1-2-14-20(17-11-9-16(19)10-12-17)18(21)13-8-15-6-4-3-5-7-15/h3-7,9-12H,2,8,13-14,19H2,1H3. The van der Waals surface area contributed by atoms with Gasteiger partial charge in [-0.1, -0.05) is 37.3 Å². The highest BCUT2D eigenvalue weighted by molar-refractivity contribution is 5.93. The van der Waals surface area contributed by atoms with Crippen molar-refractivity contribution in [2.24, 2.45) is 0 Å². The van der Waals surface area contributed by atoms with E-state index in [2.05, 4.69) is 19.1 Å². The van der Waals surface area contributed by atoms with E-state index in [1.807, 2.05) is 47.4 Å². The number of aryl methyl sites for hydroxylation is 1. The molecule has 0 saturated carbocycles. The van der Waals surface area contributed by atoms with E-state index in [9.17, 15) is 4.79 Å². The second-order valence-electron chi connectivity index (χ2n) is 5.12. The molecular weight excluding hydrogens is 260 g/mol. The van der Waals surface area contributed by atoms with Crippen molar-refractivity contribution in [2.75, 3.05) is 17.2 Å². The zero-order valence-electron chi connectivity index (χ0n) is 12.5. The molecule has 0 unspecified atom stereocenters. The average Bonchev–Trinajstić information content (AvgIpc) is 2.52. The molecule has 2 aromatic carbocycles. The van der Waals surface area contributed by atoms with Gasteiger partial charge in [0, 0.05) is 24.3 Å². The summed E-state index contributed by atoms with van der Waals surface area (Å²) in [5.74, 6) is 0.158. The molecule has 0 heterocycles. The quantitative estimate of drug-likeness (QED) is 0.822. The Labute approximate surface area is 126 Å². The Morgan fingerprint density at radius 3 is 2.33 bits per heavy atom.